The predicted octanol–water partition coefficient (Wildman–Crippen LogP) is 4.08. The fraction of sp³-hybridized carbons (Fsp3) is 0.125. The van der Waals surface area contributed by atoms with E-state index in [2.05, 4.69) is 49.0 Å². The van der Waals surface area contributed by atoms with Crippen molar-refractivity contribution in [2.75, 3.05) is 29.0 Å². The Kier molecular flexibility index (Phi) is 5.36. The van der Waals surface area contributed by atoms with E-state index in [4.69, 9.17) is 12.2 Å². The third kappa shape index (κ3) is 4.20. The van der Waals surface area contributed by atoms with Gasteiger partial charge in [0.05, 0.1) is 15.9 Å². The van der Waals surface area contributed by atoms with E-state index >= 15 is 0 Å². The lowest BCUT2D eigenvalue weighted by Crippen LogP contribution is -2.11. The first-order valence-electron chi connectivity index (χ1n) is 7.54. The molecule has 1 aromatic carbocycles. The summed E-state index contributed by atoms with van der Waals surface area (Å²) < 4.78 is 1.79. The van der Waals surface area contributed by atoms with Gasteiger partial charge in [-0.25, -0.2) is 0 Å². The topological polar surface area (TPSA) is 90.5 Å². The van der Waals surface area contributed by atoms with Gasteiger partial charge in [-0.2, -0.15) is 15.0 Å². The Morgan fingerprint density at radius 2 is 1.68 bits per heavy atom. The summed E-state index contributed by atoms with van der Waals surface area (Å²) in [7, 11) is 0. The molecule has 0 saturated carbocycles. The average molecular weight is 371 g/mol. The van der Waals surface area contributed by atoms with Crippen molar-refractivity contribution in [2.24, 2.45) is 0 Å². The molecule has 0 saturated heterocycles. The van der Waals surface area contributed by atoms with Crippen LogP contribution in [0.2, 0.25) is 0 Å². The van der Waals surface area contributed by atoms with Gasteiger partial charge in [0, 0.05) is 13.1 Å². The van der Waals surface area contributed by atoms with E-state index in [1.54, 1.807) is 12.2 Å². The summed E-state index contributed by atoms with van der Waals surface area (Å²) in [6.07, 6.45) is 3.47. The summed E-state index contributed by atoms with van der Waals surface area (Å²) in [6, 6.07) is 5.91. The van der Waals surface area contributed by atoms with Gasteiger partial charge in [-0.05, 0) is 24.4 Å². The minimum Gasteiger partial charge on any atom is -0.351 e. The zero-order chi connectivity index (χ0) is 17.6. The Morgan fingerprint density at radius 1 is 1.04 bits per heavy atom. The molecule has 128 valence electrons. The molecule has 7 nitrogen and oxygen atoms in total. The molecular weight excluding hydrogens is 354 g/mol. The molecule has 2 heterocycles. The highest BCUT2D eigenvalue weighted by Gasteiger charge is 2.09. The minimum absolute atomic E-state index is 0.422. The third-order valence-corrected chi connectivity index (χ3v) is 4.35. The van der Waals surface area contributed by atoms with Gasteiger partial charge in [0.25, 0.3) is 0 Å². The highest BCUT2D eigenvalue weighted by atomic mass is 32.1. The number of nitrogens with one attached hydrogen (secondary N) is 4. The van der Waals surface area contributed by atoms with E-state index in [9.17, 15) is 0 Å². The van der Waals surface area contributed by atoms with E-state index in [1.807, 2.05) is 18.2 Å². The second-order valence-electron chi connectivity index (χ2n) is 4.96. The number of para-hydroxylation sites is 1. The summed E-state index contributed by atoms with van der Waals surface area (Å²) >= 11 is 6.75. The minimum atomic E-state index is 0.422. The summed E-state index contributed by atoms with van der Waals surface area (Å²) in [5.41, 5.74) is 1.78. The lowest BCUT2D eigenvalue weighted by Gasteiger charge is -2.10. The number of fused-ring (bicyclic) bond motifs is 1. The molecule has 0 fully saturated rings. The first kappa shape index (κ1) is 17.1. The van der Waals surface area contributed by atoms with Crippen molar-refractivity contribution in [3.05, 3.63) is 47.5 Å². The van der Waals surface area contributed by atoms with Crippen molar-refractivity contribution in [2.45, 2.75) is 0 Å². The molecule has 9 heteroatoms. The molecule has 0 bridgehead atoms. The monoisotopic (exact) mass is 371 g/mol. The van der Waals surface area contributed by atoms with Crippen LogP contribution in [0.15, 0.2) is 43.5 Å². The van der Waals surface area contributed by atoms with Crippen LogP contribution in [0, 0.1) is 3.95 Å². The van der Waals surface area contributed by atoms with Crippen molar-refractivity contribution in [1.29, 1.82) is 0 Å². The second kappa shape index (κ2) is 7.86. The van der Waals surface area contributed by atoms with E-state index in [1.165, 1.54) is 11.3 Å². The zero-order valence-electron chi connectivity index (χ0n) is 13.4. The van der Waals surface area contributed by atoms with Gasteiger partial charge in [0.1, 0.15) is 0 Å². The molecule has 0 radical (unpaired) electrons. The van der Waals surface area contributed by atoms with E-state index in [0.717, 1.165) is 19.9 Å². The molecule has 25 heavy (non-hydrogen) atoms. The van der Waals surface area contributed by atoms with Crippen LogP contribution in [0.25, 0.3) is 10.2 Å². The SMILES string of the molecule is C=CCNc1nc(NCC=C)nc(Nc2cccc3sc(=S)[nH]c23)n1. The second-order valence-corrected chi connectivity index (χ2v) is 6.68. The highest BCUT2D eigenvalue weighted by Crippen LogP contribution is 2.28. The van der Waals surface area contributed by atoms with Crippen molar-refractivity contribution < 1.29 is 0 Å². The molecule has 0 atom stereocenters. The Labute approximate surface area is 154 Å². The van der Waals surface area contributed by atoms with Crippen LogP contribution in [0.1, 0.15) is 0 Å². The number of hydrogen-bond acceptors (Lipinski definition) is 8. The van der Waals surface area contributed by atoms with Crippen LogP contribution >= 0.6 is 23.6 Å². The summed E-state index contributed by atoms with van der Waals surface area (Å²) in [5.74, 6) is 1.33. The average Bonchev–Trinajstić information content (AvgIpc) is 2.99. The molecule has 0 aliphatic rings. The normalized spacial score (nSPS) is 10.4. The summed E-state index contributed by atoms with van der Waals surface area (Å²) in [6.45, 7) is 8.47. The first-order chi connectivity index (χ1) is 12.2. The number of thiazole rings is 1. The van der Waals surface area contributed by atoms with Crippen molar-refractivity contribution >= 4 is 57.3 Å². The van der Waals surface area contributed by atoms with Crippen LogP contribution < -0.4 is 16.0 Å². The maximum atomic E-state index is 5.23. The Morgan fingerprint density at radius 3 is 2.32 bits per heavy atom. The van der Waals surface area contributed by atoms with Gasteiger partial charge in [-0.15, -0.1) is 24.5 Å². The fourth-order valence-electron chi connectivity index (χ4n) is 2.11. The molecule has 4 N–H and O–H groups in total. The Balaban J connectivity index is 1.95. The maximum Gasteiger partial charge on any atom is 0.233 e. The zero-order valence-corrected chi connectivity index (χ0v) is 15.0. The van der Waals surface area contributed by atoms with Crippen molar-refractivity contribution in [1.82, 2.24) is 19.9 Å². The molecule has 0 aliphatic carbocycles. The van der Waals surface area contributed by atoms with Crippen LogP contribution in [0.5, 0.6) is 0 Å². The van der Waals surface area contributed by atoms with Crippen LogP contribution in [-0.4, -0.2) is 33.0 Å². The van der Waals surface area contributed by atoms with Gasteiger partial charge in [-0.3, -0.25) is 0 Å². The van der Waals surface area contributed by atoms with Crippen LogP contribution in [0.4, 0.5) is 23.5 Å². The number of rotatable bonds is 8. The van der Waals surface area contributed by atoms with E-state index in [-0.39, 0.29) is 0 Å². The Hall–Kier alpha value is -2.78. The molecule has 0 aliphatic heterocycles. The highest BCUT2D eigenvalue weighted by molar-refractivity contribution is 7.73. The number of H-pyrrole nitrogens is 1. The molecule has 3 aromatic rings. The number of anilines is 4. The molecule has 0 amide bonds. The summed E-state index contributed by atoms with van der Waals surface area (Å²) in [5, 5.41) is 9.37. The van der Waals surface area contributed by atoms with Crippen molar-refractivity contribution in [3.8, 4) is 0 Å². The van der Waals surface area contributed by atoms with Gasteiger partial charge >= 0.3 is 0 Å². The van der Waals surface area contributed by atoms with Gasteiger partial charge in [-0.1, -0.05) is 18.2 Å². The number of nitrogens with zero attached hydrogens (tertiary/aromatic N) is 3. The lowest BCUT2D eigenvalue weighted by molar-refractivity contribution is 1.03. The largest absolute Gasteiger partial charge is 0.351 e. The summed E-state index contributed by atoms with van der Waals surface area (Å²) in [4.78, 5) is 16.3. The predicted molar refractivity (Wildman–Crippen MR) is 107 cm³/mol. The van der Waals surface area contributed by atoms with Crippen LogP contribution in [0.3, 0.4) is 0 Å². The molecule has 3 rings (SSSR count). The molecule has 0 spiro atoms. The third-order valence-electron chi connectivity index (χ3n) is 3.15. The van der Waals surface area contributed by atoms with Gasteiger partial charge in [0.15, 0.2) is 3.95 Å². The lowest BCUT2D eigenvalue weighted by atomic mass is 10.3. The van der Waals surface area contributed by atoms with Gasteiger partial charge in [0.2, 0.25) is 17.8 Å². The Bertz CT molecular complexity index is 930. The van der Waals surface area contributed by atoms with E-state index < -0.39 is 0 Å². The number of aromatic amines is 1. The van der Waals surface area contributed by atoms with Crippen molar-refractivity contribution in [3.63, 3.8) is 0 Å². The first-order valence-corrected chi connectivity index (χ1v) is 8.76. The van der Waals surface area contributed by atoms with Gasteiger partial charge < -0.3 is 20.9 Å². The number of hydrogen-bond donors (Lipinski definition) is 4. The maximum absolute atomic E-state index is 5.23. The smallest absolute Gasteiger partial charge is 0.233 e. The van der Waals surface area contributed by atoms with Crippen LogP contribution in [-0.2, 0) is 0 Å². The fourth-order valence-corrected chi connectivity index (χ4v) is 3.25. The standard InChI is InChI=1S/C16H17N7S2/c1-3-8-17-13-21-14(18-9-4-2)23-15(22-13)19-10-6-5-7-11-12(10)20-16(24)25-11/h3-7H,1-2,8-9H2,(H,20,24)(H3,17,18,19,21,22,23). The molecule has 2 aromatic heterocycles. The number of aromatic nitrogens is 4. The molecule has 0 unspecified atom stereocenters. The quantitative estimate of drug-likeness (QED) is 0.350. The van der Waals surface area contributed by atoms with E-state index in [0.29, 0.717) is 30.9 Å². The number of benzene rings is 1. The molecular formula is C16H17N7S2.